The van der Waals surface area contributed by atoms with Crippen LogP contribution in [0.15, 0.2) is 48.7 Å². The Morgan fingerprint density at radius 2 is 2.10 bits per heavy atom. The highest BCUT2D eigenvalue weighted by atomic mass is 32.2. The van der Waals surface area contributed by atoms with Gasteiger partial charge in [0.1, 0.15) is 11.9 Å². The summed E-state index contributed by atoms with van der Waals surface area (Å²) in [7, 11) is 0. The topological polar surface area (TPSA) is 86.2 Å². The predicted molar refractivity (Wildman–Crippen MR) is 117 cm³/mol. The molecule has 1 atom stereocenters. The highest BCUT2D eigenvalue weighted by Gasteiger charge is 2.23. The first-order chi connectivity index (χ1) is 14.2. The number of unbranched alkanes of at least 4 members (excludes halogenated alkanes) is 1. The number of nitriles is 1. The molecule has 6 nitrogen and oxygen atoms in total. The Morgan fingerprint density at radius 3 is 2.76 bits per heavy atom. The summed E-state index contributed by atoms with van der Waals surface area (Å²) in [4.78, 5) is 20.9. The normalized spacial score (nSPS) is 14.4. The first kappa shape index (κ1) is 21.2. The van der Waals surface area contributed by atoms with Crippen molar-refractivity contribution in [1.29, 1.82) is 5.26 Å². The molecule has 1 aliphatic heterocycles. The van der Waals surface area contributed by atoms with Crippen molar-refractivity contribution in [2.45, 2.75) is 31.8 Å². The number of thioether (sulfide) groups is 1. The van der Waals surface area contributed by atoms with Crippen LogP contribution in [0.5, 0.6) is 0 Å². The maximum atomic E-state index is 12.3. The summed E-state index contributed by atoms with van der Waals surface area (Å²) in [5, 5.41) is 9.00. The number of anilines is 1. The Kier molecular flexibility index (Phi) is 7.91. The van der Waals surface area contributed by atoms with Crippen molar-refractivity contribution >= 4 is 23.5 Å². The number of nitrogens with zero attached hydrogens (tertiary/aromatic N) is 4. The zero-order valence-electron chi connectivity index (χ0n) is 16.5. The standard InChI is InChI=1S/C22H27N5OS/c23-14-19-9-10-21(25-15-19)26(16-18-6-2-1-3-7-18)11-5-4-8-20(24)22(28)27-12-13-29-17-27/h1-3,6-7,9-10,15,20H,4-5,8,11-13,16-17,24H2/t20-/m0/s1. The molecule has 1 fully saturated rings. The van der Waals surface area contributed by atoms with Gasteiger partial charge in [0.15, 0.2) is 0 Å². The van der Waals surface area contributed by atoms with Gasteiger partial charge < -0.3 is 15.5 Å². The minimum atomic E-state index is -0.413. The maximum absolute atomic E-state index is 12.3. The summed E-state index contributed by atoms with van der Waals surface area (Å²) in [5.41, 5.74) is 7.88. The second-order valence-electron chi connectivity index (χ2n) is 7.17. The summed E-state index contributed by atoms with van der Waals surface area (Å²) >= 11 is 1.78. The van der Waals surface area contributed by atoms with Crippen molar-refractivity contribution in [1.82, 2.24) is 9.88 Å². The van der Waals surface area contributed by atoms with E-state index in [4.69, 9.17) is 11.0 Å². The largest absolute Gasteiger partial charge is 0.352 e. The molecule has 0 saturated carbocycles. The molecule has 1 aromatic heterocycles. The molecule has 2 heterocycles. The SMILES string of the molecule is N#Cc1ccc(N(CCCC[C@H](N)C(=O)N2CCSC2)Cc2ccccc2)nc1. The number of rotatable bonds is 9. The molecule has 2 N–H and O–H groups in total. The zero-order valence-corrected chi connectivity index (χ0v) is 17.4. The zero-order chi connectivity index (χ0) is 20.5. The number of amides is 1. The lowest BCUT2D eigenvalue weighted by Crippen LogP contribution is -2.42. The molecule has 0 spiro atoms. The van der Waals surface area contributed by atoms with Crippen LogP contribution in [0.3, 0.4) is 0 Å². The molecule has 29 heavy (non-hydrogen) atoms. The Hall–Kier alpha value is -2.56. The fourth-order valence-electron chi connectivity index (χ4n) is 3.33. The van der Waals surface area contributed by atoms with Gasteiger partial charge in [-0.25, -0.2) is 4.98 Å². The molecule has 3 rings (SSSR count). The second-order valence-corrected chi connectivity index (χ2v) is 8.24. The van der Waals surface area contributed by atoms with E-state index < -0.39 is 6.04 Å². The average molecular weight is 410 g/mol. The van der Waals surface area contributed by atoms with E-state index in [0.29, 0.717) is 12.0 Å². The van der Waals surface area contributed by atoms with E-state index in [0.717, 1.165) is 49.9 Å². The number of aromatic nitrogens is 1. The van der Waals surface area contributed by atoms with E-state index in [-0.39, 0.29) is 5.91 Å². The molecule has 1 aromatic carbocycles. The van der Waals surface area contributed by atoms with Crippen LogP contribution in [0.25, 0.3) is 0 Å². The minimum Gasteiger partial charge on any atom is -0.352 e. The van der Waals surface area contributed by atoms with Crippen molar-refractivity contribution in [3.05, 3.63) is 59.8 Å². The van der Waals surface area contributed by atoms with Gasteiger partial charge in [0.25, 0.3) is 0 Å². The van der Waals surface area contributed by atoms with Gasteiger partial charge >= 0.3 is 0 Å². The number of hydrogen-bond acceptors (Lipinski definition) is 6. The molecular weight excluding hydrogens is 382 g/mol. The fraction of sp³-hybridized carbons (Fsp3) is 0.409. The van der Waals surface area contributed by atoms with E-state index in [1.54, 1.807) is 24.0 Å². The van der Waals surface area contributed by atoms with Crippen LogP contribution < -0.4 is 10.6 Å². The molecule has 0 bridgehead atoms. The Balaban J connectivity index is 1.55. The molecule has 0 aliphatic carbocycles. The Labute approximate surface area is 176 Å². The monoisotopic (exact) mass is 409 g/mol. The van der Waals surface area contributed by atoms with Gasteiger partial charge in [0.2, 0.25) is 5.91 Å². The van der Waals surface area contributed by atoms with Crippen LogP contribution in [-0.2, 0) is 11.3 Å². The summed E-state index contributed by atoms with van der Waals surface area (Å²) in [5.74, 6) is 2.69. The molecule has 152 valence electrons. The number of carbonyl (C=O) groups is 1. The smallest absolute Gasteiger partial charge is 0.240 e. The molecule has 0 unspecified atom stereocenters. The quantitative estimate of drug-likeness (QED) is 0.641. The van der Waals surface area contributed by atoms with Crippen molar-refractivity contribution in [2.24, 2.45) is 5.73 Å². The molecule has 2 aromatic rings. The first-order valence-electron chi connectivity index (χ1n) is 9.94. The number of pyridine rings is 1. The number of hydrogen-bond donors (Lipinski definition) is 1. The molecule has 7 heteroatoms. The number of carbonyl (C=O) groups excluding carboxylic acids is 1. The molecule has 1 saturated heterocycles. The Morgan fingerprint density at radius 1 is 1.28 bits per heavy atom. The maximum Gasteiger partial charge on any atom is 0.240 e. The van der Waals surface area contributed by atoms with Crippen LogP contribution in [0, 0.1) is 11.3 Å². The van der Waals surface area contributed by atoms with Gasteiger partial charge in [0, 0.05) is 31.6 Å². The van der Waals surface area contributed by atoms with E-state index in [1.165, 1.54) is 5.56 Å². The second kappa shape index (κ2) is 10.8. The fourth-order valence-corrected chi connectivity index (χ4v) is 4.29. The van der Waals surface area contributed by atoms with Crippen LogP contribution in [-0.4, -0.2) is 46.6 Å². The van der Waals surface area contributed by atoms with Gasteiger partial charge in [-0.15, -0.1) is 11.8 Å². The molecule has 1 amide bonds. The van der Waals surface area contributed by atoms with Crippen molar-refractivity contribution in [3.8, 4) is 6.07 Å². The van der Waals surface area contributed by atoms with Crippen molar-refractivity contribution in [2.75, 3.05) is 29.6 Å². The van der Waals surface area contributed by atoms with Gasteiger partial charge in [-0.05, 0) is 37.0 Å². The van der Waals surface area contributed by atoms with Gasteiger partial charge in [-0.1, -0.05) is 30.3 Å². The highest BCUT2D eigenvalue weighted by molar-refractivity contribution is 7.99. The van der Waals surface area contributed by atoms with Crippen molar-refractivity contribution in [3.63, 3.8) is 0 Å². The number of nitrogens with two attached hydrogens (primary N) is 1. The summed E-state index contributed by atoms with van der Waals surface area (Å²) < 4.78 is 0. The van der Waals surface area contributed by atoms with E-state index in [1.807, 2.05) is 29.2 Å². The highest BCUT2D eigenvalue weighted by Crippen LogP contribution is 2.18. The minimum absolute atomic E-state index is 0.0740. The lowest BCUT2D eigenvalue weighted by molar-refractivity contribution is -0.131. The lowest BCUT2D eigenvalue weighted by atomic mass is 10.1. The van der Waals surface area contributed by atoms with Gasteiger partial charge in [-0.3, -0.25) is 4.79 Å². The van der Waals surface area contributed by atoms with Crippen LogP contribution in [0.1, 0.15) is 30.4 Å². The summed E-state index contributed by atoms with van der Waals surface area (Å²) in [6.45, 7) is 2.37. The van der Waals surface area contributed by atoms with Gasteiger partial charge in [0.05, 0.1) is 17.5 Å². The summed E-state index contributed by atoms with van der Waals surface area (Å²) in [6, 6.07) is 15.6. The number of benzene rings is 1. The van der Waals surface area contributed by atoms with Crippen molar-refractivity contribution < 1.29 is 4.79 Å². The lowest BCUT2D eigenvalue weighted by Gasteiger charge is -2.24. The van der Waals surface area contributed by atoms with E-state index >= 15 is 0 Å². The predicted octanol–water partition coefficient (Wildman–Crippen LogP) is 2.99. The third-order valence-electron chi connectivity index (χ3n) is 4.99. The Bertz CT molecular complexity index is 815. The van der Waals surface area contributed by atoms with E-state index in [9.17, 15) is 4.79 Å². The summed E-state index contributed by atoms with van der Waals surface area (Å²) in [6.07, 6.45) is 4.11. The van der Waals surface area contributed by atoms with Crippen LogP contribution in [0.4, 0.5) is 5.82 Å². The molecule has 1 aliphatic rings. The molecule has 0 radical (unpaired) electrons. The third kappa shape index (κ3) is 6.21. The van der Waals surface area contributed by atoms with Crippen LogP contribution >= 0.6 is 11.8 Å². The van der Waals surface area contributed by atoms with E-state index in [2.05, 4.69) is 28.1 Å². The van der Waals surface area contributed by atoms with Crippen LogP contribution in [0.2, 0.25) is 0 Å². The molecular formula is C22H27N5OS. The first-order valence-corrected chi connectivity index (χ1v) is 11.1. The third-order valence-corrected chi connectivity index (χ3v) is 5.96. The average Bonchev–Trinajstić information content (AvgIpc) is 3.31. The van der Waals surface area contributed by atoms with Gasteiger partial charge in [-0.2, -0.15) is 5.26 Å².